The van der Waals surface area contributed by atoms with Crippen LogP contribution in [0.3, 0.4) is 0 Å². The molecule has 0 amide bonds. The van der Waals surface area contributed by atoms with Gasteiger partial charge in [0, 0.05) is 7.05 Å². The van der Waals surface area contributed by atoms with Gasteiger partial charge in [-0.25, -0.2) is 4.98 Å². The minimum absolute atomic E-state index is 0.435. The van der Waals surface area contributed by atoms with Gasteiger partial charge in [-0.2, -0.15) is 0 Å². The highest BCUT2D eigenvalue weighted by atomic mass is 16.5. The number of benzene rings is 1. The number of aryl methyl sites for hydroxylation is 1. The van der Waals surface area contributed by atoms with Crippen LogP contribution >= 0.6 is 0 Å². The van der Waals surface area contributed by atoms with Crippen LogP contribution in [0.4, 0.5) is 5.82 Å². The molecule has 0 saturated carbocycles. The van der Waals surface area contributed by atoms with Crippen molar-refractivity contribution in [3.63, 3.8) is 0 Å². The van der Waals surface area contributed by atoms with Gasteiger partial charge in [-0.15, -0.1) is 0 Å². The Hall–Kier alpha value is -2.10. The molecule has 0 fully saturated rings. The van der Waals surface area contributed by atoms with Gasteiger partial charge in [0.25, 0.3) is 0 Å². The molecule has 0 unspecified atom stereocenters. The van der Waals surface area contributed by atoms with Crippen molar-refractivity contribution in [1.82, 2.24) is 9.97 Å². The van der Waals surface area contributed by atoms with Crippen molar-refractivity contribution in [1.29, 1.82) is 0 Å². The topological polar surface area (TPSA) is 47.0 Å². The van der Waals surface area contributed by atoms with Gasteiger partial charge in [-0.3, -0.25) is 4.98 Å². The standard InChI is InChI=1S/C14H17N3O/c1-3-11-5-4-6-13(7-11)18-10-12-8-17-14(15-2)9-16-12/h4-9H,3,10H2,1-2H3,(H,15,17). The Labute approximate surface area is 107 Å². The molecular formula is C14H17N3O. The summed E-state index contributed by atoms with van der Waals surface area (Å²) in [4.78, 5) is 8.45. The molecule has 0 aliphatic carbocycles. The van der Waals surface area contributed by atoms with Gasteiger partial charge in [0.1, 0.15) is 18.2 Å². The lowest BCUT2D eigenvalue weighted by Gasteiger charge is -2.07. The number of nitrogens with one attached hydrogen (secondary N) is 1. The lowest BCUT2D eigenvalue weighted by molar-refractivity contribution is 0.300. The summed E-state index contributed by atoms with van der Waals surface area (Å²) in [5.41, 5.74) is 2.08. The second-order valence-corrected chi connectivity index (χ2v) is 3.93. The fraction of sp³-hybridized carbons (Fsp3) is 0.286. The largest absolute Gasteiger partial charge is 0.487 e. The van der Waals surface area contributed by atoms with E-state index in [0.717, 1.165) is 23.7 Å². The van der Waals surface area contributed by atoms with E-state index in [2.05, 4.69) is 34.3 Å². The lowest BCUT2D eigenvalue weighted by Crippen LogP contribution is -2.01. The van der Waals surface area contributed by atoms with E-state index in [0.29, 0.717) is 6.61 Å². The van der Waals surface area contributed by atoms with E-state index in [1.165, 1.54) is 5.56 Å². The molecule has 1 N–H and O–H groups in total. The van der Waals surface area contributed by atoms with Gasteiger partial charge in [-0.1, -0.05) is 19.1 Å². The Bertz CT molecular complexity index is 497. The highest BCUT2D eigenvalue weighted by Crippen LogP contribution is 2.15. The number of hydrogen-bond donors (Lipinski definition) is 1. The lowest BCUT2D eigenvalue weighted by atomic mass is 10.2. The molecule has 0 aliphatic heterocycles. The molecule has 0 atom stereocenters. The molecule has 18 heavy (non-hydrogen) atoms. The third-order valence-corrected chi connectivity index (χ3v) is 2.65. The Kier molecular flexibility index (Phi) is 4.12. The molecule has 0 bridgehead atoms. The van der Waals surface area contributed by atoms with E-state index in [9.17, 15) is 0 Å². The van der Waals surface area contributed by atoms with Crippen molar-refractivity contribution in [2.45, 2.75) is 20.0 Å². The first-order valence-electron chi connectivity index (χ1n) is 6.02. The molecule has 0 saturated heterocycles. The van der Waals surface area contributed by atoms with Crippen LogP contribution in [0.15, 0.2) is 36.7 Å². The predicted molar refractivity (Wildman–Crippen MR) is 71.7 cm³/mol. The Morgan fingerprint density at radius 3 is 2.78 bits per heavy atom. The summed E-state index contributed by atoms with van der Waals surface area (Å²) < 4.78 is 5.69. The molecule has 4 nitrogen and oxygen atoms in total. The zero-order valence-electron chi connectivity index (χ0n) is 10.7. The summed E-state index contributed by atoms with van der Waals surface area (Å²) >= 11 is 0. The smallest absolute Gasteiger partial charge is 0.144 e. The van der Waals surface area contributed by atoms with Crippen LogP contribution in [0.5, 0.6) is 5.75 Å². The van der Waals surface area contributed by atoms with Gasteiger partial charge in [-0.05, 0) is 24.1 Å². The third kappa shape index (κ3) is 3.20. The van der Waals surface area contributed by atoms with E-state index in [4.69, 9.17) is 4.74 Å². The number of rotatable bonds is 5. The Morgan fingerprint density at radius 1 is 1.22 bits per heavy atom. The maximum atomic E-state index is 5.69. The van der Waals surface area contributed by atoms with Crippen LogP contribution < -0.4 is 10.1 Å². The van der Waals surface area contributed by atoms with Crippen LogP contribution in [-0.2, 0) is 13.0 Å². The maximum absolute atomic E-state index is 5.69. The average molecular weight is 243 g/mol. The summed E-state index contributed by atoms with van der Waals surface area (Å²) in [5, 5.41) is 2.93. The highest BCUT2D eigenvalue weighted by Gasteiger charge is 1.99. The second-order valence-electron chi connectivity index (χ2n) is 3.93. The summed E-state index contributed by atoms with van der Waals surface area (Å²) in [6.45, 7) is 2.56. The number of ether oxygens (including phenoxy) is 1. The molecule has 2 aromatic rings. The number of hydrogen-bond acceptors (Lipinski definition) is 4. The minimum Gasteiger partial charge on any atom is -0.487 e. The summed E-state index contributed by atoms with van der Waals surface area (Å²) in [6, 6.07) is 8.10. The second kappa shape index (κ2) is 6.00. The fourth-order valence-electron chi connectivity index (χ4n) is 1.57. The average Bonchev–Trinajstić information content (AvgIpc) is 2.46. The van der Waals surface area contributed by atoms with E-state index >= 15 is 0 Å². The first kappa shape index (κ1) is 12.4. The maximum Gasteiger partial charge on any atom is 0.144 e. The van der Waals surface area contributed by atoms with Crippen molar-refractivity contribution in [3.8, 4) is 5.75 Å². The first-order valence-corrected chi connectivity index (χ1v) is 6.02. The fourth-order valence-corrected chi connectivity index (χ4v) is 1.57. The van der Waals surface area contributed by atoms with Crippen LogP contribution in [0.1, 0.15) is 18.2 Å². The normalized spacial score (nSPS) is 10.1. The molecule has 0 spiro atoms. The van der Waals surface area contributed by atoms with E-state index < -0.39 is 0 Å². The summed E-state index contributed by atoms with van der Waals surface area (Å²) in [7, 11) is 1.82. The summed E-state index contributed by atoms with van der Waals surface area (Å²) in [6.07, 6.45) is 4.42. The number of aromatic nitrogens is 2. The highest BCUT2D eigenvalue weighted by molar-refractivity contribution is 5.30. The zero-order chi connectivity index (χ0) is 12.8. The van der Waals surface area contributed by atoms with Crippen molar-refractivity contribution in [3.05, 3.63) is 47.9 Å². The summed E-state index contributed by atoms with van der Waals surface area (Å²) in [5.74, 6) is 1.63. The first-order chi connectivity index (χ1) is 8.81. The van der Waals surface area contributed by atoms with Gasteiger partial charge in [0.15, 0.2) is 0 Å². The number of nitrogens with zero attached hydrogens (tertiary/aromatic N) is 2. The third-order valence-electron chi connectivity index (χ3n) is 2.65. The monoisotopic (exact) mass is 243 g/mol. The van der Waals surface area contributed by atoms with Crippen LogP contribution in [0, 0.1) is 0 Å². The SMILES string of the molecule is CCc1cccc(OCc2cnc(NC)cn2)c1. The van der Waals surface area contributed by atoms with Crippen molar-refractivity contribution >= 4 is 5.82 Å². The van der Waals surface area contributed by atoms with Gasteiger partial charge >= 0.3 is 0 Å². The van der Waals surface area contributed by atoms with E-state index in [1.54, 1.807) is 12.4 Å². The van der Waals surface area contributed by atoms with Crippen molar-refractivity contribution < 1.29 is 4.74 Å². The minimum atomic E-state index is 0.435. The van der Waals surface area contributed by atoms with Gasteiger partial charge < -0.3 is 10.1 Å². The van der Waals surface area contributed by atoms with E-state index in [-0.39, 0.29) is 0 Å². The quantitative estimate of drug-likeness (QED) is 0.877. The predicted octanol–water partition coefficient (Wildman–Crippen LogP) is 2.66. The Balaban J connectivity index is 1.97. The van der Waals surface area contributed by atoms with Gasteiger partial charge in [0.2, 0.25) is 0 Å². The molecule has 1 aromatic heterocycles. The molecule has 0 radical (unpaired) electrons. The van der Waals surface area contributed by atoms with Crippen LogP contribution in [0.2, 0.25) is 0 Å². The molecule has 0 aliphatic rings. The van der Waals surface area contributed by atoms with Crippen LogP contribution in [-0.4, -0.2) is 17.0 Å². The molecule has 4 heteroatoms. The van der Waals surface area contributed by atoms with Crippen molar-refractivity contribution in [2.75, 3.05) is 12.4 Å². The molecular weight excluding hydrogens is 226 g/mol. The molecule has 1 heterocycles. The zero-order valence-corrected chi connectivity index (χ0v) is 10.7. The Morgan fingerprint density at radius 2 is 2.11 bits per heavy atom. The molecule has 1 aromatic carbocycles. The van der Waals surface area contributed by atoms with Gasteiger partial charge in [0.05, 0.1) is 18.1 Å². The number of anilines is 1. The van der Waals surface area contributed by atoms with Crippen molar-refractivity contribution in [2.24, 2.45) is 0 Å². The molecule has 2 rings (SSSR count). The molecule has 94 valence electrons. The van der Waals surface area contributed by atoms with E-state index in [1.807, 2.05) is 19.2 Å². The van der Waals surface area contributed by atoms with Crippen LogP contribution in [0.25, 0.3) is 0 Å².